The van der Waals surface area contributed by atoms with Gasteiger partial charge in [-0.1, -0.05) is 60.8 Å². The van der Waals surface area contributed by atoms with E-state index in [2.05, 4.69) is 0 Å². The van der Waals surface area contributed by atoms with Gasteiger partial charge < -0.3 is 115 Å². The van der Waals surface area contributed by atoms with Gasteiger partial charge in [0, 0.05) is 116 Å². The Morgan fingerprint density at radius 2 is 0.236 bits per heavy atom. The molecule has 0 unspecified atom stereocenters. The van der Waals surface area contributed by atoms with Gasteiger partial charge in [0.25, 0.3) is 0 Å². The molecule has 0 atom stereocenters. The topological polar surface area (TPSA) is 525 Å². The van der Waals surface area contributed by atoms with Crippen molar-refractivity contribution in [1.29, 1.82) is 0 Å². The third kappa shape index (κ3) is 106. The first kappa shape index (κ1) is 142. The molecular formula is C18H36K16N6O24P8. The first-order valence-electron chi connectivity index (χ1n) is 15.1. The van der Waals surface area contributed by atoms with Crippen LogP contribution >= 0.6 is 60.8 Å². The molecule has 0 aliphatic rings. The van der Waals surface area contributed by atoms with Gasteiger partial charge >= 0.3 is 822 Å². The summed E-state index contributed by atoms with van der Waals surface area (Å²) in [5.41, 5.74) is 0. The Kier molecular flexibility index (Phi) is 147. The molecule has 0 saturated heterocycles. The van der Waals surface area contributed by atoms with Crippen LogP contribution in [0.3, 0.4) is 0 Å². The summed E-state index contributed by atoms with van der Waals surface area (Å²) < 4.78 is 91.0. The molecule has 0 heterocycles. The van der Waals surface area contributed by atoms with Crippen LogP contribution in [0.2, 0.25) is 0 Å². The van der Waals surface area contributed by atoms with Crippen LogP contribution in [0.4, 0.5) is 0 Å². The van der Waals surface area contributed by atoms with E-state index >= 15 is 0 Å². The zero-order chi connectivity index (χ0) is 44.2. The van der Waals surface area contributed by atoms with Crippen LogP contribution in [0, 0.1) is 0 Å². The summed E-state index contributed by atoms with van der Waals surface area (Å²) in [6.07, 6.45) is -11.6. The number of nitrogens with zero attached hydrogens (tertiary/aromatic N) is 6. The third-order valence-corrected chi connectivity index (χ3v) is 12.6. The minimum Gasteiger partial charge on any atom is -0.810 e. The van der Waals surface area contributed by atoms with Crippen LogP contribution in [0.5, 0.6) is 0 Å². The Hall–Kier alpha value is 27.1. The van der Waals surface area contributed by atoms with E-state index in [4.69, 9.17) is 0 Å². The molecule has 0 aliphatic carbocycles. The second kappa shape index (κ2) is 75.0. The second-order valence-electron chi connectivity index (χ2n) is 12.3. The maximum atomic E-state index is 11.6. The van der Waals surface area contributed by atoms with E-state index in [1.807, 2.05) is 0 Å². The molecule has 338 valence electrons. The molecule has 54 heteroatoms. The smallest absolute Gasteiger partial charge is 0.810 e. The van der Waals surface area contributed by atoms with E-state index in [0.717, 1.165) is 9.80 Å². The number of rotatable bonds is 31. The molecule has 0 aliphatic heterocycles. The van der Waals surface area contributed by atoms with Gasteiger partial charge in [-0.15, -0.1) is 0 Å². The standard InChI is InChI=1S/C18H52N6O24P8.16K/c25-49(26,27)11-19(3-5-21(13-51(31,32)33)7-9-23(15-53(37,38)39)16-54(40,41)42)1-2-20(12-50(28,29)30)4-6-22(14-52(34,35)36)8-10-24(17-55(43,44)45)18-56(46,47)48;;;;;;;;;;;;;;;;/h1-18H2,(H2,25,26,27)(H2,28,29,30)(H2,31,32,33)(H2,34,35,36)(H2,37,38,39)(H2,40,41,42)(H2,43,44,45)(H2,46,47,48);;;;;;;;;;;;;;;;/q;16*+1/p-16. The first-order valence-corrected chi connectivity index (χ1v) is 28.9. The van der Waals surface area contributed by atoms with Gasteiger partial charge in [-0.05, 0) is 0 Å². The zero-order valence-corrected chi connectivity index (χ0v) is 102. The van der Waals surface area contributed by atoms with Crippen LogP contribution in [0.1, 0.15) is 0 Å². The molecule has 72 heavy (non-hydrogen) atoms. The molecule has 0 aromatic rings. The normalized spacial score (nSPS) is 11.5. The van der Waals surface area contributed by atoms with Gasteiger partial charge in [0.1, 0.15) is 0 Å². The van der Waals surface area contributed by atoms with Crippen LogP contribution in [0.15, 0.2) is 0 Å². The average molecular weight is 1590 g/mol. The molecule has 0 N–H and O–H groups in total. The zero-order valence-electron chi connectivity index (χ0n) is 44.8. The van der Waals surface area contributed by atoms with Crippen molar-refractivity contribution in [3.05, 3.63) is 0 Å². The summed E-state index contributed by atoms with van der Waals surface area (Å²) in [7, 11) is -44.1. The number of hydrogen-bond donors (Lipinski definition) is 0. The Bertz CT molecular complexity index is 1490. The Morgan fingerprint density at radius 3 is 0.319 bits per heavy atom. The molecule has 0 saturated carbocycles. The fourth-order valence-corrected chi connectivity index (χ4v) is 11.1. The van der Waals surface area contributed by atoms with Gasteiger partial charge in [0.15, 0.2) is 0 Å². The van der Waals surface area contributed by atoms with Crippen LogP contribution in [-0.4, -0.2) is 145 Å². The maximum absolute atomic E-state index is 11.6. The predicted molar refractivity (Wildman–Crippen MR) is 159 cm³/mol. The SMILES string of the molecule is O=P([O-])([O-])CN(CCN(CCN(CCN(CP(=O)([O-])[O-])CP(=O)([O-])[O-])CP(=O)([O-])[O-])CP(=O)([O-])[O-])CCN(CCN(CP(=O)([O-])[O-])CP(=O)([O-])[O-])CP(=O)([O-])[O-].[K+].[K+].[K+].[K+].[K+].[K+].[K+].[K+].[K+].[K+].[K+].[K+].[K+].[K+].[K+].[K+]. The largest absolute Gasteiger partial charge is 1.00 e. The second-order valence-corrected chi connectivity index (χ2v) is 24.3. The summed E-state index contributed by atoms with van der Waals surface area (Å²) >= 11 is 0. The van der Waals surface area contributed by atoms with Crippen molar-refractivity contribution in [2.45, 2.75) is 0 Å². The van der Waals surface area contributed by atoms with E-state index in [0.29, 0.717) is 19.6 Å². The molecule has 0 fully saturated rings. The summed E-state index contributed by atoms with van der Waals surface area (Å²) in [5, 5.41) is 0. The summed E-state index contributed by atoms with van der Waals surface area (Å²) in [6, 6.07) is 0. The molecule has 0 rings (SSSR count). The van der Waals surface area contributed by atoms with Gasteiger partial charge in [-0.2, -0.15) is 0 Å². The van der Waals surface area contributed by atoms with Crippen LogP contribution < -0.4 is 900 Å². The summed E-state index contributed by atoms with van der Waals surface area (Å²) in [6.45, 7) is -7.35. The minimum atomic E-state index is -5.52. The maximum Gasteiger partial charge on any atom is 1.00 e. The molecule has 0 amide bonds. The van der Waals surface area contributed by atoms with Crippen LogP contribution in [-0.2, 0) is 36.5 Å². The van der Waals surface area contributed by atoms with Crippen molar-refractivity contribution < 1.29 is 937 Å². The average Bonchev–Trinajstić information content (AvgIpc) is 2.87. The molecule has 0 radical (unpaired) electrons. The molecule has 0 bridgehead atoms. The summed E-state index contributed by atoms with van der Waals surface area (Å²) in [5.74, 6) is 0. The quantitative estimate of drug-likeness (QED) is 0.0459. The monoisotopic (exact) mass is 1590 g/mol. The van der Waals surface area contributed by atoms with Crippen molar-refractivity contribution in [2.75, 3.05) is 116 Å². The van der Waals surface area contributed by atoms with Gasteiger partial charge in [0.2, 0.25) is 0 Å². The van der Waals surface area contributed by atoms with E-state index in [-0.39, 0.29) is 822 Å². The predicted octanol–water partition coefficient (Wildman–Crippen LogP) is -62.2. The fourth-order valence-electron chi connectivity index (χ4n) is 4.76. The Balaban J connectivity index is -0.000000126. The van der Waals surface area contributed by atoms with E-state index < -0.39 is 177 Å². The summed E-state index contributed by atoms with van der Waals surface area (Å²) in [4.78, 5) is 185. The number of hydrogen-bond acceptors (Lipinski definition) is 30. The van der Waals surface area contributed by atoms with Gasteiger partial charge in [0.05, 0.1) is 0 Å². The van der Waals surface area contributed by atoms with Crippen molar-refractivity contribution in [1.82, 2.24) is 29.4 Å². The van der Waals surface area contributed by atoms with Crippen molar-refractivity contribution in [2.24, 2.45) is 0 Å². The van der Waals surface area contributed by atoms with E-state index in [1.165, 1.54) is 0 Å². The molecular weight excluding hydrogens is 1560 g/mol. The Labute approximate surface area is 1100 Å². The molecule has 0 aromatic heterocycles. The third-order valence-electron chi connectivity index (χ3n) is 6.65. The van der Waals surface area contributed by atoms with Gasteiger partial charge in [-0.3, -0.25) is 29.4 Å². The fraction of sp³-hybridized carbons (Fsp3) is 1.00. The minimum absolute atomic E-state index is 0. The van der Waals surface area contributed by atoms with E-state index in [9.17, 15) is 115 Å². The van der Waals surface area contributed by atoms with Crippen molar-refractivity contribution in [3.63, 3.8) is 0 Å². The molecule has 0 aromatic carbocycles. The first-order chi connectivity index (χ1) is 24.7. The molecule has 30 nitrogen and oxygen atoms in total. The molecule has 0 spiro atoms. The van der Waals surface area contributed by atoms with E-state index in [1.54, 1.807) is 0 Å². The van der Waals surface area contributed by atoms with Crippen LogP contribution in [0.25, 0.3) is 0 Å². The van der Waals surface area contributed by atoms with Gasteiger partial charge in [-0.25, -0.2) is 0 Å². The van der Waals surface area contributed by atoms with Crippen molar-refractivity contribution >= 4 is 60.8 Å². The Morgan fingerprint density at radius 1 is 0.167 bits per heavy atom. The van der Waals surface area contributed by atoms with Crippen molar-refractivity contribution in [3.8, 4) is 0 Å².